The van der Waals surface area contributed by atoms with Crippen molar-refractivity contribution in [2.75, 3.05) is 32.2 Å². The summed E-state index contributed by atoms with van der Waals surface area (Å²) in [5.41, 5.74) is 2.64. The maximum absolute atomic E-state index is 5.07. The summed E-state index contributed by atoms with van der Waals surface area (Å²) in [5.74, 6) is 0. The van der Waals surface area contributed by atoms with Crippen molar-refractivity contribution in [1.29, 1.82) is 0 Å². The second-order valence-corrected chi connectivity index (χ2v) is 5.94. The third kappa shape index (κ3) is 5.08. The van der Waals surface area contributed by atoms with E-state index in [4.69, 9.17) is 4.74 Å². The summed E-state index contributed by atoms with van der Waals surface area (Å²) >= 11 is 3.58. The van der Waals surface area contributed by atoms with Gasteiger partial charge in [0.1, 0.15) is 0 Å². The smallest absolute Gasteiger partial charge is 0.0587 e. The zero-order chi connectivity index (χ0) is 15.0. The number of hydrogen-bond donors (Lipinski definition) is 1. The van der Waals surface area contributed by atoms with E-state index >= 15 is 0 Å². The van der Waals surface area contributed by atoms with Gasteiger partial charge in [-0.2, -0.15) is 0 Å². The van der Waals surface area contributed by atoms with Crippen molar-refractivity contribution in [2.45, 2.75) is 39.3 Å². The molecule has 0 bridgehead atoms. The number of hydrogen-bond acceptors (Lipinski definition) is 3. The van der Waals surface area contributed by atoms with E-state index < -0.39 is 0 Å². The summed E-state index contributed by atoms with van der Waals surface area (Å²) in [6.07, 6.45) is 2.33. The molecule has 20 heavy (non-hydrogen) atoms. The Morgan fingerprint density at radius 1 is 1.30 bits per heavy atom. The minimum absolute atomic E-state index is 0.585. The van der Waals surface area contributed by atoms with Crippen LogP contribution in [0.2, 0.25) is 0 Å². The number of ether oxygens (including phenoxy) is 1. The van der Waals surface area contributed by atoms with E-state index in [2.05, 4.69) is 65.2 Å². The summed E-state index contributed by atoms with van der Waals surface area (Å²) in [6.45, 7) is 6.99. The third-order valence-corrected chi connectivity index (χ3v) is 4.21. The summed E-state index contributed by atoms with van der Waals surface area (Å²) in [7, 11) is 3.92. The number of nitrogens with one attached hydrogen (secondary N) is 1. The number of methoxy groups -OCH3 is 1. The predicted octanol–water partition coefficient (Wildman–Crippen LogP) is 3.81. The first kappa shape index (κ1) is 17.5. The van der Waals surface area contributed by atoms with Gasteiger partial charge in [-0.1, -0.05) is 35.8 Å². The van der Waals surface area contributed by atoms with Crippen LogP contribution in [0.25, 0.3) is 0 Å². The second-order valence-electron chi connectivity index (χ2n) is 5.02. The fraction of sp³-hybridized carbons (Fsp3) is 0.625. The number of rotatable bonds is 9. The Morgan fingerprint density at radius 2 is 2.00 bits per heavy atom. The van der Waals surface area contributed by atoms with Gasteiger partial charge >= 0.3 is 0 Å². The topological polar surface area (TPSA) is 24.5 Å². The van der Waals surface area contributed by atoms with Crippen LogP contribution in [0.5, 0.6) is 0 Å². The van der Waals surface area contributed by atoms with Crippen LogP contribution in [-0.2, 0) is 11.3 Å². The lowest BCUT2D eigenvalue weighted by molar-refractivity contribution is 0.199. The Labute approximate surface area is 131 Å². The molecule has 1 N–H and O–H groups in total. The Morgan fingerprint density at radius 3 is 2.60 bits per heavy atom. The molecule has 0 fully saturated rings. The van der Waals surface area contributed by atoms with Crippen molar-refractivity contribution in [3.8, 4) is 0 Å². The van der Waals surface area contributed by atoms with Crippen molar-refractivity contribution in [2.24, 2.45) is 0 Å². The molecule has 0 aromatic heterocycles. The summed E-state index contributed by atoms with van der Waals surface area (Å²) in [6, 6.07) is 7.10. The summed E-state index contributed by atoms with van der Waals surface area (Å²) in [4.78, 5) is 2.40. The van der Waals surface area contributed by atoms with Crippen LogP contribution in [0, 0.1) is 0 Å². The fourth-order valence-electron chi connectivity index (χ4n) is 2.45. The molecule has 1 rings (SSSR count). The molecule has 3 nitrogen and oxygen atoms in total. The number of nitrogens with zero attached hydrogens (tertiary/aromatic N) is 1. The minimum atomic E-state index is 0.585. The minimum Gasteiger partial charge on any atom is -0.383 e. The molecule has 0 amide bonds. The molecule has 114 valence electrons. The highest BCUT2D eigenvalue weighted by Crippen LogP contribution is 2.27. The molecule has 1 aromatic carbocycles. The molecule has 0 heterocycles. The van der Waals surface area contributed by atoms with Gasteiger partial charge in [-0.15, -0.1) is 0 Å². The van der Waals surface area contributed by atoms with Crippen molar-refractivity contribution in [1.82, 2.24) is 5.32 Å². The monoisotopic (exact) mass is 342 g/mol. The maximum atomic E-state index is 5.07. The molecule has 0 spiro atoms. The standard InChI is InChI=1S/C16H27BrN2O/c1-5-15(6-2)19(3)16-11-14(17)8-7-13(16)12-18-9-10-20-4/h7-8,11,15,18H,5-6,9-10,12H2,1-4H3. The summed E-state index contributed by atoms with van der Waals surface area (Å²) < 4.78 is 6.20. The van der Waals surface area contributed by atoms with E-state index in [9.17, 15) is 0 Å². The first-order valence-electron chi connectivity index (χ1n) is 7.34. The Hall–Kier alpha value is -0.580. The van der Waals surface area contributed by atoms with Gasteiger partial charge in [-0.3, -0.25) is 0 Å². The van der Waals surface area contributed by atoms with E-state index in [1.54, 1.807) is 7.11 Å². The van der Waals surface area contributed by atoms with Crippen molar-refractivity contribution < 1.29 is 4.74 Å². The molecule has 0 aliphatic heterocycles. The van der Waals surface area contributed by atoms with Gasteiger partial charge < -0.3 is 15.0 Å². The molecular weight excluding hydrogens is 316 g/mol. The van der Waals surface area contributed by atoms with E-state index in [0.29, 0.717) is 6.04 Å². The van der Waals surface area contributed by atoms with Gasteiger partial charge in [0.05, 0.1) is 6.61 Å². The molecule has 1 aromatic rings. The molecule has 0 saturated heterocycles. The van der Waals surface area contributed by atoms with Gasteiger partial charge in [0, 0.05) is 43.4 Å². The molecule has 0 radical (unpaired) electrons. The molecule has 0 unspecified atom stereocenters. The highest BCUT2D eigenvalue weighted by atomic mass is 79.9. The van der Waals surface area contributed by atoms with E-state index in [-0.39, 0.29) is 0 Å². The Kier molecular flexibility index (Phi) is 8.19. The zero-order valence-electron chi connectivity index (χ0n) is 13.1. The van der Waals surface area contributed by atoms with Gasteiger partial charge in [0.15, 0.2) is 0 Å². The van der Waals surface area contributed by atoms with Crippen LogP contribution < -0.4 is 10.2 Å². The van der Waals surface area contributed by atoms with E-state index in [1.807, 2.05) is 0 Å². The third-order valence-electron chi connectivity index (χ3n) is 3.72. The van der Waals surface area contributed by atoms with Crippen LogP contribution in [0.4, 0.5) is 5.69 Å². The number of anilines is 1. The average molecular weight is 343 g/mol. The quantitative estimate of drug-likeness (QED) is 0.690. The molecule has 0 saturated carbocycles. The molecule has 0 aliphatic carbocycles. The molecular formula is C16H27BrN2O. The number of benzene rings is 1. The SMILES string of the molecule is CCC(CC)N(C)c1cc(Br)ccc1CNCCOC. The molecule has 0 atom stereocenters. The van der Waals surface area contributed by atoms with Gasteiger partial charge in [0.2, 0.25) is 0 Å². The number of halogens is 1. The van der Waals surface area contributed by atoms with Crippen molar-refractivity contribution in [3.63, 3.8) is 0 Å². The van der Waals surface area contributed by atoms with Crippen LogP contribution >= 0.6 is 15.9 Å². The highest BCUT2D eigenvalue weighted by molar-refractivity contribution is 9.10. The largest absolute Gasteiger partial charge is 0.383 e. The first-order chi connectivity index (χ1) is 9.63. The van der Waals surface area contributed by atoms with Crippen molar-refractivity contribution in [3.05, 3.63) is 28.2 Å². The lowest BCUT2D eigenvalue weighted by Gasteiger charge is -2.30. The van der Waals surface area contributed by atoms with Crippen LogP contribution in [0.15, 0.2) is 22.7 Å². The Bertz CT molecular complexity index is 394. The maximum Gasteiger partial charge on any atom is 0.0587 e. The van der Waals surface area contributed by atoms with Crippen LogP contribution in [-0.4, -0.2) is 33.4 Å². The van der Waals surface area contributed by atoms with Crippen molar-refractivity contribution >= 4 is 21.6 Å². The Balaban J connectivity index is 2.83. The average Bonchev–Trinajstić information content (AvgIpc) is 2.46. The van der Waals surface area contributed by atoms with Crippen LogP contribution in [0.3, 0.4) is 0 Å². The van der Waals surface area contributed by atoms with Gasteiger partial charge in [-0.05, 0) is 30.5 Å². The second kappa shape index (κ2) is 9.37. The van der Waals surface area contributed by atoms with E-state index in [1.165, 1.54) is 11.3 Å². The zero-order valence-corrected chi connectivity index (χ0v) is 14.7. The lowest BCUT2D eigenvalue weighted by atomic mass is 10.1. The normalized spacial score (nSPS) is 11.1. The molecule has 4 heteroatoms. The lowest BCUT2D eigenvalue weighted by Crippen LogP contribution is -2.32. The predicted molar refractivity (Wildman–Crippen MR) is 90.5 cm³/mol. The summed E-state index contributed by atoms with van der Waals surface area (Å²) in [5, 5.41) is 3.43. The van der Waals surface area contributed by atoms with Gasteiger partial charge in [-0.25, -0.2) is 0 Å². The van der Waals surface area contributed by atoms with Gasteiger partial charge in [0.25, 0.3) is 0 Å². The van der Waals surface area contributed by atoms with E-state index in [0.717, 1.165) is 37.0 Å². The van der Waals surface area contributed by atoms with Crippen LogP contribution in [0.1, 0.15) is 32.3 Å². The first-order valence-corrected chi connectivity index (χ1v) is 8.14. The fourth-order valence-corrected chi connectivity index (χ4v) is 2.79. The molecule has 0 aliphatic rings. The highest BCUT2D eigenvalue weighted by Gasteiger charge is 2.14.